The number of rotatable bonds is 9. The lowest BCUT2D eigenvalue weighted by atomic mass is 10.3. The van der Waals surface area contributed by atoms with Gasteiger partial charge in [-0.1, -0.05) is 11.6 Å². The minimum absolute atomic E-state index is 0.0426. The van der Waals surface area contributed by atoms with Crippen LogP contribution < -0.4 is 14.4 Å². The van der Waals surface area contributed by atoms with Gasteiger partial charge in [-0.25, -0.2) is 8.42 Å². The number of hydrogen-bond donors (Lipinski definition) is 1. The summed E-state index contributed by atoms with van der Waals surface area (Å²) in [6.45, 7) is 1.70. The van der Waals surface area contributed by atoms with Crippen molar-refractivity contribution in [2.45, 2.75) is 17.9 Å². The Bertz CT molecular complexity index is 886. The maximum absolute atomic E-state index is 13.2. The predicted molar refractivity (Wildman–Crippen MR) is 108 cm³/mol. The van der Waals surface area contributed by atoms with Crippen LogP contribution in [0.25, 0.3) is 0 Å². The maximum Gasteiger partial charge on any atom is 0.264 e. The summed E-state index contributed by atoms with van der Waals surface area (Å²) in [5.41, 5.74) is 0.328. The standard InChI is InChI=1S/C19H23ClN2O5S/c1-14(13-26-2)21-19(23)12-22(16-6-4-15(20)5-7-16)28(24,25)18-10-8-17(27-3)9-11-18/h4-11,14H,12-13H2,1-3H3,(H,21,23)/t14-/m0/s1. The molecule has 0 aliphatic heterocycles. The van der Waals surface area contributed by atoms with Gasteiger partial charge in [0.2, 0.25) is 5.91 Å². The van der Waals surface area contributed by atoms with E-state index < -0.39 is 15.9 Å². The topological polar surface area (TPSA) is 84.9 Å². The first-order valence-corrected chi connectivity index (χ1v) is 10.3. The molecule has 1 amide bonds. The molecule has 0 heterocycles. The fourth-order valence-electron chi connectivity index (χ4n) is 2.54. The molecule has 0 aromatic heterocycles. The number of sulfonamides is 1. The molecule has 2 aromatic rings. The van der Waals surface area contributed by atoms with Gasteiger partial charge in [-0.05, 0) is 55.5 Å². The molecule has 0 aliphatic rings. The zero-order valence-electron chi connectivity index (χ0n) is 15.9. The summed E-state index contributed by atoms with van der Waals surface area (Å²) >= 11 is 5.92. The van der Waals surface area contributed by atoms with Gasteiger partial charge in [0.05, 0.1) is 24.3 Å². The van der Waals surface area contributed by atoms with Gasteiger partial charge in [0, 0.05) is 18.2 Å². The Labute approximate surface area is 170 Å². The van der Waals surface area contributed by atoms with Crippen LogP contribution in [0.4, 0.5) is 5.69 Å². The Morgan fingerprint density at radius 1 is 1.11 bits per heavy atom. The van der Waals surface area contributed by atoms with E-state index in [2.05, 4.69) is 5.32 Å². The first-order valence-electron chi connectivity index (χ1n) is 8.48. The minimum Gasteiger partial charge on any atom is -0.497 e. The fraction of sp³-hybridized carbons (Fsp3) is 0.316. The van der Waals surface area contributed by atoms with Crippen molar-refractivity contribution >= 4 is 33.2 Å². The molecule has 0 aliphatic carbocycles. The Morgan fingerprint density at radius 3 is 2.25 bits per heavy atom. The summed E-state index contributed by atoms with van der Waals surface area (Å²) < 4.78 is 37.5. The molecule has 0 spiro atoms. The highest BCUT2D eigenvalue weighted by Crippen LogP contribution is 2.26. The molecule has 7 nitrogen and oxygen atoms in total. The average Bonchev–Trinajstić information content (AvgIpc) is 2.67. The van der Waals surface area contributed by atoms with Crippen molar-refractivity contribution in [2.24, 2.45) is 0 Å². The molecular weight excluding hydrogens is 404 g/mol. The van der Waals surface area contributed by atoms with Crippen LogP contribution in [0.3, 0.4) is 0 Å². The van der Waals surface area contributed by atoms with Crippen LogP contribution in [0.2, 0.25) is 5.02 Å². The van der Waals surface area contributed by atoms with Crippen LogP contribution in [0.15, 0.2) is 53.4 Å². The van der Waals surface area contributed by atoms with E-state index in [0.717, 1.165) is 4.31 Å². The van der Waals surface area contributed by atoms with E-state index in [-0.39, 0.29) is 17.5 Å². The average molecular weight is 427 g/mol. The molecule has 0 saturated heterocycles. The summed E-state index contributed by atoms with van der Waals surface area (Å²) in [4.78, 5) is 12.5. The third-order valence-corrected chi connectivity index (χ3v) is 5.91. The van der Waals surface area contributed by atoms with Crippen LogP contribution in [-0.4, -0.2) is 47.7 Å². The zero-order chi connectivity index (χ0) is 20.7. The maximum atomic E-state index is 13.2. The molecule has 0 unspecified atom stereocenters. The molecule has 9 heteroatoms. The number of amides is 1. The highest BCUT2D eigenvalue weighted by Gasteiger charge is 2.27. The number of methoxy groups -OCH3 is 2. The van der Waals surface area contributed by atoms with E-state index in [4.69, 9.17) is 21.1 Å². The second-order valence-electron chi connectivity index (χ2n) is 6.09. The molecule has 0 radical (unpaired) electrons. The second kappa shape index (κ2) is 9.77. The van der Waals surface area contributed by atoms with E-state index in [9.17, 15) is 13.2 Å². The van der Waals surface area contributed by atoms with E-state index in [1.807, 2.05) is 0 Å². The van der Waals surface area contributed by atoms with Crippen LogP contribution in [0, 0.1) is 0 Å². The van der Waals surface area contributed by atoms with Crippen molar-refractivity contribution < 1.29 is 22.7 Å². The molecule has 2 aromatic carbocycles. The number of anilines is 1. The largest absolute Gasteiger partial charge is 0.497 e. The fourth-order valence-corrected chi connectivity index (χ4v) is 4.09. The molecule has 0 bridgehead atoms. The lowest BCUT2D eigenvalue weighted by Gasteiger charge is -2.25. The lowest BCUT2D eigenvalue weighted by Crippen LogP contribution is -2.44. The summed E-state index contributed by atoms with van der Waals surface area (Å²) in [6.07, 6.45) is 0. The quantitative estimate of drug-likeness (QED) is 0.666. The van der Waals surface area contributed by atoms with Crippen LogP contribution in [0.5, 0.6) is 5.75 Å². The highest BCUT2D eigenvalue weighted by molar-refractivity contribution is 7.92. The van der Waals surface area contributed by atoms with Crippen LogP contribution in [0.1, 0.15) is 6.92 Å². The molecule has 0 saturated carbocycles. The van der Waals surface area contributed by atoms with Crippen molar-refractivity contribution in [3.8, 4) is 5.75 Å². The van der Waals surface area contributed by atoms with Gasteiger partial charge >= 0.3 is 0 Å². The molecular formula is C19H23ClN2O5S. The van der Waals surface area contributed by atoms with Crippen molar-refractivity contribution in [1.29, 1.82) is 0 Å². The van der Waals surface area contributed by atoms with Gasteiger partial charge in [0.15, 0.2) is 0 Å². The van der Waals surface area contributed by atoms with Gasteiger partial charge in [-0.2, -0.15) is 0 Å². The van der Waals surface area contributed by atoms with Gasteiger partial charge < -0.3 is 14.8 Å². The second-order valence-corrected chi connectivity index (χ2v) is 8.39. The molecule has 2 rings (SSSR count). The first-order chi connectivity index (χ1) is 13.3. The van der Waals surface area contributed by atoms with E-state index in [0.29, 0.717) is 23.1 Å². The number of nitrogens with zero attached hydrogens (tertiary/aromatic N) is 1. The van der Waals surface area contributed by atoms with Gasteiger partial charge in [-0.3, -0.25) is 9.10 Å². The van der Waals surface area contributed by atoms with Gasteiger partial charge in [-0.15, -0.1) is 0 Å². The van der Waals surface area contributed by atoms with Crippen molar-refractivity contribution in [1.82, 2.24) is 5.32 Å². The highest BCUT2D eigenvalue weighted by atomic mass is 35.5. The summed E-state index contributed by atoms with van der Waals surface area (Å²) in [7, 11) is -0.973. The van der Waals surface area contributed by atoms with Gasteiger partial charge in [0.25, 0.3) is 10.0 Å². The first kappa shape index (κ1) is 22.0. The lowest BCUT2D eigenvalue weighted by molar-refractivity contribution is -0.120. The molecule has 28 heavy (non-hydrogen) atoms. The van der Waals surface area contributed by atoms with E-state index >= 15 is 0 Å². The van der Waals surface area contributed by atoms with Crippen LogP contribution in [-0.2, 0) is 19.6 Å². The molecule has 152 valence electrons. The minimum atomic E-state index is -3.99. The molecule has 1 atom stereocenters. The normalized spacial score (nSPS) is 12.3. The van der Waals surface area contributed by atoms with Crippen LogP contribution >= 0.6 is 11.6 Å². The van der Waals surface area contributed by atoms with Gasteiger partial charge in [0.1, 0.15) is 12.3 Å². The SMILES string of the molecule is COC[C@H](C)NC(=O)CN(c1ccc(Cl)cc1)S(=O)(=O)c1ccc(OC)cc1. The number of ether oxygens (including phenoxy) is 2. The molecule has 0 fully saturated rings. The summed E-state index contributed by atoms with van der Waals surface area (Å²) in [6, 6.07) is 11.9. The summed E-state index contributed by atoms with van der Waals surface area (Å²) in [5.74, 6) is 0.0831. The van der Waals surface area contributed by atoms with Crippen molar-refractivity contribution in [3.05, 3.63) is 53.6 Å². The number of benzene rings is 2. The smallest absolute Gasteiger partial charge is 0.264 e. The number of carbonyl (C=O) groups excluding carboxylic acids is 1. The summed E-state index contributed by atoms with van der Waals surface area (Å²) in [5, 5.41) is 3.18. The van der Waals surface area contributed by atoms with Crippen molar-refractivity contribution in [2.75, 3.05) is 31.7 Å². The predicted octanol–water partition coefficient (Wildman–Crippen LogP) is 2.70. The molecule has 1 N–H and O–H groups in total. The Hall–Kier alpha value is -2.29. The number of nitrogens with one attached hydrogen (secondary N) is 1. The van der Waals surface area contributed by atoms with E-state index in [1.165, 1.54) is 26.4 Å². The zero-order valence-corrected chi connectivity index (χ0v) is 17.5. The Kier molecular flexibility index (Phi) is 7.68. The Morgan fingerprint density at radius 2 is 1.71 bits per heavy atom. The van der Waals surface area contributed by atoms with Crippen molar-refractivity contribution in [3.63, 3.8) is 0 Å². The third-order valence-electron chi connectivity index (χ3n) is 3.87. The monoisotopic (exact) mass is 426 g/mol. The third kappa shape index (κ3) is 5.60. The number of carbonyl (C=O) groups is 1. The van der Waals surface area contributed by atoms with E-state index in [1.54, 1.807) is 43.3 Å². The number of halogens is 1. The Balaban J connectivity index is 2.36. The number of hydrogen-bond acceptors (Lipinski definition) is 5.